The molecule has 1 aliphatic rings. The van der Waals surface area contributed by atoms with E-state index in [2.05, 4.69) is 13.8 Å². The largest absolute Gasteiger partial charge is 0.507 e. The first-order chi connectivity index (χ1) is 17.7. The molecule has 1 N–H and O–H groups in total. The standard InChI is InChI=1S/C31H33NO5/c1-6-36-25-11-8-10-24(18-25)32-28(22-15-13-21(14-16-22)19(2)3)27(30(34)31(32)35)29(33)23-9-7-12-26(17-23)37-20(4)5/h7-20,28,33H,6H2,1-5H3/b29-27+. The molecular formula is C31H33NO5. The summed E-state index contributed by atoms with van der Waals surface area (Å²) in [5.74, 6) is -0.207. The zero-order valence-corrected chi connectivity index (χ0v) is 21.9. The van der Waals surface area contributed by atoms with Gasteiger partial charge >= 0.3 is 0 Å². The van der Waals surface area contributed by atoms with Gasteiger partial charge in [0.25, 0.3) is 11.7 Å². The lowest BCUT2D eigenvalue weighted by Crippen LogP contribution is -2.29. The SMILES string of the molecule is CCOc1cccc(N2C(=O)C(=O)/C(=C(/O)c3cccc(OC(C)C)c3)C2c2ccc(C(C)C)cc2)c1. The third kappa shape index (κ3) is 5.38. The Bertz CT molecular complexity index is 1320. The maximum absolute atomic E-state index is 13.5. The highest BCUT2D eigenvalue weighted by molar-refractivity contribution is 6.51. The minimum atomic E-state index is -0.812. The lowest BCUT2D eigenvalue weighted by Gasteiger charge is -2.26. The van der Waals surface area contributed by atoms with Crippen LogP contribution < -0.4 is 14.4 Å². The van der Waals surface area contributed by atoms with Gasteiger partial charge in [0.05, 0.1) is 24.3 Å². The Hall–Kier alpha value is -4.06. The van der Waals surface area contributed by atoms with Gasteiger partial charge in [-0.1, -0.05) is 56.3 Å². The second-order valence-corrected chi connectivity index (χ2v) is 9.62. The predicted molar refractivity (Wildman–Crippen MR) is 145 cm³/mol. The molecule has 6 nitrogen and oxygen atoms in total. The summed E-state index contributed by atoms with van der Waals surface area (Å²) in [6.45, 7) is 10.4. The van der Waals surface area contributed by atoms with E-state index in [-0.39, 0.29) is 17.4 Å². The Kier molecular flexibility index (Phi) is 7.67. The Labute approximate surface area is 218 Å². The van der Waals surface area contributed by atoms with Crippen molar-refractivity contribution in [3.63, 3.8) is 0 Å². The first-order valence-electron chi connectivity index (χ1n) is 12.6. The summed E-state index contributed by atoms with van der Waals surface area (Å²) in [5, 5.41) is 11.4. The van der Waals surface area contributed by atoms with Gasteiger partial charge in [-0.2, -0.15) is 0 Å². The van der Waals surface area contributed by atoms with Gasteiger partial charge in [-0.05, 0) is 62.1 Å². The summed E-state index contributed by atoms with van der Waals surface area (Å²) in [6.07, 6.45) is -0.0555. The highest BCUT2D eigenvalue weighted by Crippen LogP contribution is 2.43. The smallest absolute Gasteiger partial charge is 0.300 e. The second kappa shape index (κ2) is 10.9. The number of hydrogen-bond donors (Lipinski definition) is 1. The van der Waals surface area contributed by atoms with E-state index in [1.54, 1.807) is 48.5 Å². The molecule has 1 unspecified atom stereocenters. The zero-order valence-electron chi connectivity index (χ0n) is 21.9. The summed E-state index contributed by atoms with van der Waals surface area (Å²) >= 11 is 0. The van der Waals surface area contributed by atoms with Crippen LogP contribution in [0.4, 0.5) is 5.69 Å². The molecule has 1 atom stereocenters. The summed E-state index contributed by atoms with van der Waals surface area (Å²) in [4.78, 5) is 28.4. The van der Waals surface area contributed by atoms with Gasteiger partial charge in [0.1, 0.15) is 17.3 Å². The van der Waals surface area contributed by atoms with E-state index in [0.717, 1.165) is 11.1 Å². The van der Waals surface area contributed by atoms with E-state index in [0.29, 0.717) is 35.3 Å². The number of aliphatic hydroxyl groups excluding tert-OH is 1. The molecule has 1 heterocycles. The van der Waals surface area contributed by atoms with Crippen LogP contribution in [0.3, 0.4) is 0 Å². The zero-order chi connectivity index (χ0) is 26.7. The average molecular weight is 500 g/mol. The summed E-state index contributed by atoms with van der Waals surface area (Å²) < 4.78 is 11.4. The van der Waals surface area contributed by atoms with Crippen molar-refractivity contribution in [1.29, 1.82) is 0 Å². The fourth-order valence-corrected chi connectivity index (χ4v) is 4.51. The normalized spacial score (nSPS) is 17.1. The lowest BCUT2D eigenvalue weighted by atomic mass is 9.93. The number of ketones is 1. The topological polar surface area (TPSA) is 76.1 Å². The van der Waals surface area contributed by atoms with Crippen molar-refractivity contribution in [3.05, 3.63) is 95.1 Å². The summed E-state index contributed by atoms with van der Waals surface area (Å²) in [5.41, 5.74) is 2.81. The van der Waals surface area contributed by atoms with Crippen molar-refractivity contribution in [2.45, 2.75) is 52.7 Å². The molecule has 0 saturated carbocycles. The Morgan fingerprint density at radius 3 is 2.24 bits per heavy atom. The highest BCUT2D eigenvalue weighted by atomic mass is 16.5. The van der Waals surface area contributed by atoms with Crippen LogP contribution in [0.1, 0.15) is 63.3 Å². The first-order valence-corrected chi connectivity index (χ1v) is 12.6. The molecule has 1 aliphatic heterocycles. The van der Waals surface area contributed by atoms with Crippen LogP contribution in [-0.2, 0) is 9.59 Å². The molecule has 0 radical (unpaired) electrons. The Balaban J connectivity index is 1.89. The molecule has 1 amide bonds. The number of aliphatic hydroxyl groups is 1. The number of benzene rings is 3. The minimum absolute atomic E-state index is 0.0332. The molecule has 3 aromatic rings. The van der Waals surface area contributed by atoms with Crippen molar-refractivity contribution in [1.82, 2.24) is 0 Å². The van der Waals surface area contributed by atoms with E-state index < -0.39 is 17.7 Å². The molecule has 6 heteroatoms. The highest BCUT2D eigenvalue weighted by Gasteiger charge is 2.47. The van der Waals surface area contributed by atoms with E-state index in [9.17, 15) is 14.7 Å². The fraction of sp³-hybridized carbons (Fsp3) is 0.290. The van der Waals surface area contributed by atoms with Gasteiger partial charge in [0.15, 0.2) is 0 Å². The number of hydrogen-bond acceptors (Lipinski definition) is 5. The third-order valence-corrected chi connectivity index (χ3v) is 6.25. The van der Waals surface area contributed by atoms with Crippen molar-refractivity contribution in [2.75, 3.05) is 11.5 Å². The van der Waals surface area contributed by atoms with Crippen LogP contribution in [0.15, 0.2) is 78.4 Å². The molecule has 192 valence electrons. The molecular weight excluding hydrogens is 466 g/mol. The molecule has 37 heavy (non-hydrogen) atoms. The van der Waals surface area contributed by atoms with Crippen LogP contribution in [0.2, 0.25) is 0 Å². The van der Waals surface area contributed by atoms with Gasteiger partial charge in [-0.25, -0.2) is 0 Å². The average Bonchev–Trinajstić information content (AvgIpc) is 3.14. The van der Waals surface area contributed by atoms with Gasteiger partial charge in [-0.15, -0.1) is 0 Å². The van der Waals surface area contributed by atoms with Crippen LogP contribution in [0, 0.1) is 0 Å². The first kappa shape index (κ1) is 26.0. The number of anilines is 1. The van der Waals surface area contributed by atoms with E-state index >= 15 is 0 Å². The quantitative estimate of drug-likeness (QED) is 0.214. The predicted octanol–water partition coefficient (Wildman–Crippen LogP) is 6.62. The van der Waals surface area contributed by atoms with Gasteiger partial charge < -0.3 is 14.6 Å². The fourth-order valence-electron chi connectivity index (χ4n) is 4.51. The third-order valence-electron chi connectivity index (χ3n) is 6.25. The summed E-state index contributed by atoms with van der Waals surface area (Å²) in [7, 11) is 0. The molecule has 4 rings (SSSR count). The monoisotopic (exact) mass is 499 g/mol. The molecule has 0 aromatic heterocycles. The molecule has 0 aliphatic carbocycles. The van der Waals surface area contributed by atoms with Crippen molar-refractivity contribution in [2.24, 2.45) is 0 Å². The number of nitrogens with zero attached hydrogens (tertiary/aromatic N) is 1. The van der Waals surface area contributed by atoms with Gasteiger partial charge in [-0.3, -0.25) is 14.5 Å². The number of ether oxygens (including phenoxy) is 2. The maximum Gasteiger partial charge on any atom is 0.300 e. The Morgan fingerprint density at radius 1 is 0.919 bits per heavy atom. The molecule has 1 saturated heterocycles. The number of carbonyl (C=O) groups is 2. The van der Waals surface area contributed by atoms with E-state index in [1.165, 1.54) is 4.90 Å². The van der Waals surface area contributed by atoms with Crippen LogP contribution >= 0.6 is 0 Å². The van der Waals surface area contributed by atoms with Crippen molar-refractivity contribution in [3.8, 4) is 11.5 Å². The molecule has 0 spiro atoms. The molecule has 3 aromatic carbocycles. The van der Waals surface area contributed by atoms with Crippen molar-refractivity contribution >= 4 is 23.1 Å². The van der Waals surface area contributed by atoms with E-state index in [4.69, 9.17) is 9.47 Å². The molecule has 0 bridgehead atoms. The number of amides is 1. The van der Waals surface area contributed by atoms with Gasteiger partial charge in [0, 0.05) is 17.3 Å². The maximum atomic E-state index is 13.5. The van der Waals surface area contributed by atoms with Crippen molar-refractivity contribution < 1.29 is 24.2 Å². The molecule has 1 fully saturated rings. The van der Waals surface area contributed by atoms with Crippen LogP contribution in [0.25, 0.3) is 5.76 Å². The van der Waals surface area contributed by atoms with Crippen LogP contribution in [0.5, 0.6) is 11.5 Å². The number of Topliss-reactive ketones (excluding diaryl/α,β-unsaturated/α-hetero) is 1. The summed E-state index contributed by atoms with van der Waals surface area (Å²) in [6, 6.07) is 21.0. The number of rotatable bonds is 8. The van der Waals surface area contributed by atoms with E-state index in [1.807, 2.05) is 45.0 Å². The lowest BCUT2D eigenvalue weighted by molar-refractivity contribution is -0.132. The minimum Gasteiger partial charge on any atom is -0.507 e. The number of carbonyl (C=O) groups excluding carboxylic acids is 2. The van der Waals surface area contributed by atoms with Gasteiger partial charge in [0.2, 0.25) is 0 Å². The van der Waals surface area contributed by atoms with Crippen LogP contribution in [-0.4, -0.2) is 29.5 Å². The second-order valence-electron chi connectivity index (χ2n) is 9.62. The Morgan fingerprint density at radius 2 is 1.59 bits per heavy atom.